The number of nitrogens with two attached hydrogens (primary N) is 1. The molecule has 1 nitrogen and oxygen atoms in total. The number of hydrogen-bond donors (Lipinski definition) is 1. The van der Waals surface area contributed by atoms with Crippen molar-refractivity contribution < 1.29 is 0 Å². The first-order valence-corrected chi connectivity index (χ1v) is 2.14. The van der Waals surface area contributed by atoms with Crippen molar-refractivity contribution in [3.63, 3.8) is 0 Å². The van der Waals surface area contributed by atoms with Gasteiger partial charge in [-0.1, -0.05) is 6.92 Å². The van der Waals surface area contributed by atoms with Gasteiger partial charge in [-0.3, -0.25) is 0 Å². The van der Waals surface area contributed by atoms with Crippen molar-refractivity contribution in [1.82, 2.24) is 0 Å². The first kappa shape index (κ1) is 10.7. The second kappa shape index (κ2) is 3.79. The molecule has 7 heavy (non-hydrogen) atoms. The van der Waals surface area contributed by atoms with E-state index in [1.807, 2.05) is 13.8 Å². The Morgan fingerprint density at radius 2 is 1.71 bits per heavy atom. The zero-order chi connectivity index (χ0) is 5.21. The average Bonchev–Trinajstić information content (AvgIpc) is 1.35. The van der Waals surface area contributed by atoms with Gasteiger partial charge in [0.25, 0.3) is 0 Å². The van der Waals surface area contributed by atoms with Crippen molar-refractivity contribution in [1.29, 1.82) is 0 Å². The van der Waals surface area contributed by atoms with Gasteiger partial charge in [0, 0.05) is 5.54 Å². The van der Waals surface area contributed by atoms with Gasteiger partial charge in [0.1, 0.15) is 0 Å². The molecule has 0 spiro atoms. The Bertz CT molecular complexity index is 37.8. The number of hydrogen-bond acceptors (Lipinski definition) is 1. The van der Waals surface area contributed by atoms with Crippen molar-refractivity contribution in [2.45, 2.75) is 25.8 Å². The van der Waals surface area contributed by atoms with E-state index in [2.05, 4.69) is 6.92 Å². The monoisotopic (exact) mass is 204 g/mol. The van der Waals surface area contributed by atoms with Crippen molar-refractivity contribution in [3.8, 4) is 0 Å². The van der Waals surface area contributed by atoms with E-state index in [4.69, 9.17) is 5.73 Å². The Hall–Kier alpha value is 0.830. The third-order valence-corrected chi connectivity index (χ3v) is 0.644. The van der Waals surface area contributed by atoms with Gasteiger partial charge in [-0.15, -0.1) is 0 Å². The second-order valence-corrected chi connectivity index (χ2v) is 2.24. The fraction of sp³-hybridized carbons (Fsp3) is 0.800. The van der Waals surface area contributed by atoms with E-state index < -0.39 is 0 Å². The van der Waals surface area contributed by atoms with Crippen LogP contribution in [0, 0.1) is 6.92 Å². The molecule has 1 radical (unpaired) electrons. The summed E-state index contributed by atoms with van der Waals surface area (Å²) in [4.78, 5) is 0. The van der Waals surface area contributed by atoms with Gasteiger partial charge in [-0.05, 0) is 20.3 Å². The van der Waals surface area contributed by atoms with E-state index in [-0.39, 0.29) is 31.4 Å². The van der Waals surface area contributed by atoms with Crippen LogP contribution in [0.15, 0.2) is 0 Å². The van der Waals surface area contributed by atoms with Crippen LogP contribution < -0.4 is 5.73 Å². The fourth-order valence-corrected chi connectivity index (χ4v) is 0. The molecule has 0 bridgehead atoms. The second-order valence-electron chi connectivity index (χ2n) is 2.24. The molecule has 0 aliphatic carbocycles. The molecule has 43 valence electrons. The third kappa shape index (κ3) is 10.9. The molecule has 2 heteroatoms. The van der Waals surface area contributed by atoms with Gasteiger partial charge >= 0.3 is 25.8 Å². The van der Waals surface area contributed by atoms with Crippen LogP contribution in [0.1, 0.15) is 20.3 Å². The van der Waals surface area contributed by atoms with Gasteiger partial charge in [-0.25, -0.2) is 0 Å². The standard InChI is InChI=1S/C5H12N.In.3H/c1-4-5(2,3)6;;;;/h1,4,6H2,2-3H3;;;;. The maximum absolute atomic E-state index is 5.47. The van der Waals surface area contributed by atoms with Crippen LogP contribution >= 0.6 is 0 Å². The Balaban J connectivity index is 0. The summed E-state index contributed by atoms with van der Waals surface area (Å²) >= 11 is 0. The van der Waals surface area contributed by atoms with Crippen molar-refractivity contribution in [2.75, 3.05) is 0 Å². The quantitative estimate of drug-likeness (QED) is 0.626. The third-order valence-electron chi connectivity index (χ3n) is 0.644. The predicted octanol–water partition coefficient (Wildman–Crippen LogP) is -0.236. The summed E-state index contributed by atoms with van der Waals surface area (Å²) in [6.45, 7) is 7.55. The Labute approximate surface area is 64.4 Å². The maximum atomic E-state index is 5.47. The zero-order valence-corrected chi connectivity index (χ0v) is 4.49. The van der Waals surface area contributed by atoms with E-state index in [1.54, 1.807) is 0 Å². The topological polar surface area (TPSA) is 26.0 Å². The summed E-state index contributed by atoms with van der Waals surface area (Å²) in [5, 5.41) is 0. The molecule has 0 heterocycles. The van der Waals surface area contributed by atoms with E-state index in [0.29, 0.717) is 0 Å². The molecule has 0 aromatic heterocycles. The Morgan fingerprint density at radius 3 is 1.71 bits per heavy atom. The van der Waals surface area contributed by atoms with Crippen LogP contribution in [0.25, 0.3) is 0 Å². The fourth-order valence-electron chi connectivity index (χ4n) is 0. The zero-order valence-electron chi connectivity index (χ0n) is 4.49. The summed E-state index contributed by atoms with van der Waals surface area (Å²) < 4.78 is 0. The molecule has 0 aromatic carbocycles. The summed E-state index contributed by atoms with van der Waals surface area (Å²) in [5.74, 6) is 0. The summed E-state index contributed by atoms with van der Waals surface area (Å²) in [6, 6.07) is 0. The molecule has 0 saturated heterocycles. The van der Waals surface area contributed by atoms with Crippen LogP contribution in [0.2, 0.25) is 0 Å². The van der Waals surface area contributed by atoms with Gasteiger partial charge in [0.05, 0.1) is 0 Å². The molecule has 0 unspecified atom stereocenters. The van der Waals surface area contributed by atoms with Crippen LogP contribution in [0.3, 0.4) is 0 Å². The molecule has 0 saturated carbocycles. The van der Waals surface area contributed by atoms with Gasteiger partial charge in [-0.2, -0.15) is 0 Å². The molecular weight excluding hydrogens is 189 g/mol. The summed E-state index contributed by atoms with van der Waals surface area (Å²) in [5.41, 5.74) is 5.40. The minimum absolute atomic E-state index is 0. The number of rotatable bonds is 1. The predicted molar refractivity (Wildman–Crippen MR) is 38.2 cm³/mol. The molecule has 0 aliphatic heterocycles. The average molecular weight is 204 g/mol. The van der Waals surface area contributed by atoms with Crippen LogP contribution in [0.4, 0.5) is 0 Å². The van der Waals surface area contributed by atoms with E-state index >= 15 is 0 Å². The van der Waals surface area contributed by atoms with Crippen LogP contribution in [-0.2, 0) is 0 Å². The van der Waals surface area contributed by atoms with Gasteiger partial charge < -0.3 is 5.73 Å². The van der Waals surface area contributed by atoms with Crippen molar-refractivity contribution in [3.05, 3.63) is 6.92 Å². The van der Waals surface area contributed by atoms with Gasteiger partial charge in [0.15, 0.2) is 0 Å². The molecule has 0 aromatic rings. The molecular formula is C5H15InN. The van der Waals surface area contributed by atoms with Gasteiger partial charge in [0.2, 0.25) is 0 Å². The minimum atomic E-state index is -0.0694. The molecule has 0 rings (SSSR count). The first-order chi connectivity index (χ1) is 2.56. The Kier molecular flexibility index (Phi) is 5.81. The van der Waals surface area contributed by atoms with Crippen LogP contribution in [0.5, 0.6) is 0 Å². The normalized spacial score (nSPS) is 10.3. The Morgan fingerprint density at radius 1 is 1.57 bits per heavy atom. The summed E-state index contributed by atoms with van der Waals surface area (Å²) in [6.07, 6.45) is 0.799. The SMILES string of the molecule is [CH2]CC(C)(C)N.[InH3]. The molecule has 0 aliphatic rings. The molecule has 0 atom stereocenters. The molecule has 0 fully saturated rings. The van der Waals surface area contributed by atoms with E-state index in [9.17, 15) is 0 Å². The summed E-state index contributed by atoms with van der Waals surface area (Å²) in [7, 11) is 0. The van der Waals surface area contributed by atoms with Crippen molar-refractivity contribution >= 4 is 25.8 Å². The first-order valence-electron chi connectivity index (χ1n) is 2.14. The van der Waals surface area contributed by atoms with Crippen molar-refractivity contribution in [2.24, 2.45) is 5.73 Å². The van der Waals surface area contributed by atoms with E-state index in [1.165, 1.54) is 0 Å². The van der Waals surface area contributed by atoms with Crippen LogP contribution in [-0.4, -0.2) is 31.4 Å². The molecule has 2 N–H and O–H groups in total. The van der Waals surface area contributed by atoms with E-state index in [0.717, 1.165) is 6.42 Å². The molecule has 0 amide bonds.